The summed E-state index contributed by atoms with van der Waals surface area (Å²) in [6, 6.07) is 20.5. The van der Waals surface area contributed by atoms with E-state index in [1.807, 2.05) is 13.8 Å². The SMILES string of the molecule is CCc1nc2cc(C(F)(F)F)c(Cl)cc2n1-c1ccc(CCN(C(=O)[O-])S(=O)(=O)c2ccc(C)cc2)cc1.Cc1ccc(S(=O)(=O)[O-])cc1. The van der Waals surface area contributed by atoms with Crippen molar-refractivity contribution in [2.24, 2.45) is 0 Å². The Morgan fingerprint density at radius 1 is 0.878 bits per heavy atom. The maximum absolute atomic E-state index is 13.3. The third-order valence-electron chi connectivity index (χ3n) is 7.35. The first-order valence-electron chi connectivity index (χ1n) is 14.5. The molecular weight excluding hydrogens is 707 g/mol. The van der Waals surface area contributed by atoms with Gasteiger partial charge in [-0.05, 0) is 74.4 Å². The Hall–Kier alpha value is -4.44. The van der Waals surface area contributed by atoms with E-state index >= 15 is 0 Å². The minimum absolute atomic E-state index is 0.0748. The van der Waals surface area contributed by atoms with Gasteiger partial charge >= 0.3 is 6.18 Å². The molecule has 0 N–H and O–H groups in total. The van der Waals surface area contributed by atoms with Gasteiger partial charge in [-0.25, -0.2) is 21.8 Å². The van der Waals surface area contributed by atoms with Gasteiger partial charge in [-0.3, -0.25) is 8.87 Å². The van der Waals surface area contributed by atoms with Crippen molar-refractivity contribution in [3.8, 4) is 5.69 Å². The average Bonchev–Trinajstić information content (AvgIpc) is 3.38. The number of carbonyl (C=O) groups is 1. The molecule has 0 saturated carbocycles. The molecular formula is C33H29ClF3N3O7S2-2. The lowest BCUT2D eigenvalue weighted by molar-refractivity contribution is -0.259. The number of aryl methyl sites for hydroxylation is 3. The number of alkyl halides is 3. The average molecular weight is 736 g/mol. The van der Waals surface area contributed by atoms with E-state index in [1.165, 1.54) is 30.3 Å². The molecule has 0 bridgehead atoms. The summed E-state index contributed by atoms with van der Waals surface area (Å²) in [7, 11) is -8.59. The molecule has 260 valence electrons. The van der Waals surface area contributed by atoms with Crippen LogP contribution in [0.4, 0.5) is 18.0 Å². The Morgan fingerprint density at radius 3 is 1.88 bits per heavy atom. The topological polar surface area (TPSA) is 153 Å². The van der Waals surface area contributed by atoms with Gasteiger partial charge in [0.15, 0.2) is 6.09 Å². The van der Waals surface area contributed by atoms with Gasteiger partial charge in [-0.15, -0.1) is 0 Å². The number of benzene rings is 4. The van der Waals surface area contributed by atoms with Crippen molar-refractivity contribution in [1.82, 2.24) is 13.9 Å². The Balaban J connectivity index is 0.000000418. The molecule has 0 aliphatic rings. The highest BCUT2D eigenvalue weighted by Gasteiger charge is 2.34. The molecule has 0 saturated heterocycles. The smallest absolute Gasteiger partial charge is 0.417 e. The van der Waals surface area contributed by atoms with Crippen LogP contribution in [-0.4, -0.2) is 47.9 Å². The fourth-order valence-electron chi connectivity index (χ4n) is 4.78. The van der Waals surface area contributed by atoms with Crippen LogP contribution in [0, 0.1) is 13.8 Å². The second-order valence-corrected chi connectivity index (χ2v) is 14.5. The number of halogens is 4. The van der Waals surface area contributed by atoms with Gasteiger partial charge in [0.05, 0.1) is 31.4 Å². The van der Waals surface area contributed by atoms with Gasteiger partial charge in [0, 0.05) is 18.7 Å². The highest BCUT2D eigenvalue weighted by atomic mass is 35.5. The molecule has 5 aromatic rings. The quantitative estimate of drug-likeness (QED) is 0.175. The zero-order valence-electron chi connectivity index (χ0n) is 26.2. The van der Waals surface area contributed by atoms with Crippen LogP contribution in [0.3, 0.4) is 0 Å². The number of aromatic nitrogens is 2. The first-order valence-corrected chi connectivity index (χ1v) is 17.8. The number of imidazole rings is 1. The molecule has 0 aliphatic heterocycles. The van der Waals surface area contributed by atoms with Gasteiger partial charge in [-0.1, -0.05) is 66.0 Å². The van der Waals surface area contributed by atoms with Gasteiger partial charge in [0.1, 0.15) is 15.9 Å². The summed E-state index contributed by atoms with van der Waals surface area (Å²) in [6.45, 7) is 5.06. The summed E-state index contributed by atoms with van der Waals surface area (Å²) < 4.78 is 98.7. The van der Waals surface area contributed by atoms with Crippen LogP contribution in [-0.2, 0) is 39.2 Å². The maximum atomic E-state index is 13.3. The van der Waals surface area contributed by atoms with E-state index in [4.69, 9.17) is 11.6 Å². The number of sulfonamides is 1. The highest BCUT2D eigenvalue weighted by Crippen LogP contribution is 2.38. The molecule has 0 atom stereocenters. The molecule has 0 spiro atoms. The lowest BCUT2D eigenvalue weighted by atomic mass is 10.1. The van der Waals surface area contributed by atoms with Crippen molar-refractivity contribution < 1.29 is 44.5 Å². The molecule has 16 heteroatoms. The predicted octanol–water partition coefficient (Wildman–Crippen LogP) is 6.04. The molecule has 0 radical (unpaired) electrons. The van der Waals surface area contributed by atoms with Crippen molar-refractivity contribution in [2.45, 2.75) is 49.6 Å². The fraction of sp³-hybridized carbons (Fsp3) is 0.212. The first-order chi connectivity index (χ1) is 22.8. The lowest BCUT2D eigenvalue weighted by Gasteiger charge is -2.24. The summed E-state index contributed by atoms with van der Waals surface area (Å²) in [5, 5.41) is 11.2. The van der Waals surface area contributed by atoms with Gasteiger partial charge in [-0.2, -0.15) is 13.2 Å². The van der Waals surface area contributed by atoms with E-state index in [0.29, 0.717) is 33.3 Å². The third-order valence-corrected chi connectivity index (χ3v) is 10.3. The van der Waals surface area contributed by atoms with Crippen molar-refractivity contribution >= 4 is 48.9 Å². The second kappa shape index (κ2) is 14.6. The highest BCUT2D eigenvalue weighted by molar-refractivity contribution is 7.89. The van der Waals surface area contributed by atoms with Gasteiger partial charge in [0.2, 0.25) is 0 Å². The van der Waals surface area contributed by atoms with Crippen molar-refractivity contribution in [1.29, 1.82) is 0 Å². The van der Waals surface area contributed by atoms with Crippen LogP contribution in [0.5, 0.6) is 0 Å². The Bertz CT molecular complexity index is 2190. The summed E-state index contributed by atoms with van der Waals surface area (Å²) in [5.74, 6) is 0.524. The second-order valence-electron chi connectivity index (χ2n) is 10.9. The minimum Gasteiger partial charge on any atom is -0.744 e. The van der Waals surface area contributed by atoms with Gasteiger partial charge < -0.3 is 14.5 Å². The Kier molecular flexibility index (Phi) is 11.1. The standard InChI is InChI=1S/C26H23ClF3N3O4S.C7H8O3S/c1-3-24-31-22-14-20(26(28,29)30)21(27)15-23(22)33(24)18-8-6-17(7-9-18)12-13-32(25(34)35)38(36,37)19-10-4-16(2)5-11-19;1-6-2-4-7(5-3-6)11(8,9)10/h4-11,14-15H,3,12-13H2,1-2H3,(H,34,35);2-5H,1H3,(H,8,9,10)/p-2. The van der Waals surface area contributed by atoms with Crippen LogP contribution in [0.25, 0.3) is 16.7 Å². The molecule has 10 nitrogen and oxygen atoms in total. The largest absolute Gasteiger partial charge is 0.744 e. The Labute approximate surface area is 286 Å². The molecule has 0 aliphatic carbocycles. The van der Waals surface area contributed by atoms with Crippen LogP contribution in [0.2, 0.25) is 5.02 Å². The van der Waals surface area contributed by atoms with E-state index < -0.39 is 43.0 Å². The third kappa shape index (κ3) is 8.78. The van der Waals surface area contributed by atoms with E-state index in [2.05, 4.69) is 4.98 Å². The number of rotatable bonds is 8. The predicted molar refractivity (Wildman–Crippen MR) is 174 cm³/mol. The molecule has 4 aromatic carbocycles. The van der Waals surface area contributed by atoms with E-state index in [1.54, 1.807) is 60.0 Å². The number of hydrogen-bond acceptors (Lipinski definition) is 8. The van der Waals surface area contributed by atoms with E-state index in [-0.39, 0.29) is 28.3 Å². The monoisotopic (exact) mass is 735 g/mol. The van der Waals surface area contributed by atoms with Crippen LogP contribution in [0.15, 0.2) is 94.7 Å². The zero-order valence-corrected chi connectivity index (χ0v) is 28.6. The van der Waals surface area contributed by atoms with Crippen LogP contribution in [0.1, 0.15) is 35.0 Å². The molecule has 0 fully saturated rings. The van der Waals surface area contributed by atoms with E-state index in [9.17, 15) is 44.5 Å². The lowest BCUT2D eigenvalue weighted by Crippen LogP contribution is -2.45. The van der Waals surface area contributed by atoms with Crippen LogP contribution >= 0.6 is 11.6 Å². The number of nitrogens with zero attached hydrogens (tertiary/aromatic N) is 3. The molecule has 1 aromatic heterocycles. The molecule has 1 amide bonds. The number of fused-ring (bicyclic) bond motifs is 1. The number of carbonyl (C=O) groups excluding carboxylic acids is 1. The maximum Gasteiger partial charge on any atom is 0.417 e. The molecule has 49 heavy (non-hydrogen) atoms. The number of amides is 1. The molecule has 1 heterocycles. The van der Waals surface area contributed by atoms with Crippen molar-refractivity contribution in [2.75, 3.05) is 6.54 Å². The number of hydrogen-bond donors (Lipinski definition) is 0. The number of carboxylic acid groups (broad SMARTS) is 1. The van der Waals surface area contributed by atoms with Crippen LogP contribution < -0.4 is 5.11 Å². The summed E-state index contributed by atoms with van der Waals surface area (Å²) in [5.41, 5.74) is 2.58. The summed E-state index contributed by atoms with van der Waals surface area (Å²) in [4.78, 5) is 15.7. The molecule has 5 rings (SSSR count). The first kappa shape index (κ1) is 37.4. The van der Waals surface area contributed by atoms with Crippen molar-refractivity contribution in [3.05, 3.63) is 118 Å². The molecule has 0 unspecified atom stereocenters. The normalized spacial score (nSPS) is 12.0. The Morgan fingerprint density at radius 2 is 1.41 bits per heavy atom. The zero-order chi connectivity index (χ0) is 36.3. The van der Waals surface area contributed by atoms with Gasteiger partial charge in [0.25, 0.3) is 10.0 Å². The van der Waals surface area contributed by atoms with Crippen molar-refractivity contribution in [3.63, 3.8) is 0 Å². The summed E-state index contributed by atoms with van der Waals surface area (Å²) >= 11 is 5.94. The minimum atomic E-state index is -4.62. The fourth-order valence-corrected chi connectivity index (χ4v) is 6.78. The van der Waals surface area contributed by atoms with E-state index in [0.717, 1.165) is 17.2 Å². The summed E-state index contributed by atoms with van der Waals surface area (Å²) in [6.07, 6.45) is -5.94.